The minimum atomic E-state index is -0.441. The van der Waals surface area contributed by atoms with E-state index in [0.717, 1.165) is 37.6 Å². The number of piperidine rings is 1. The minimum Gasteiger partial charge on any atom is -0.444 e. The number of aromatic nitrogens is 2. The summed E-state index contributed by atoms with van der Waals surface area (Å²) in [5.74, 6) is 1.12. The standard InChI is InChI=1S/C17H26N4O2/c1-17(2,3)23-16(22)21-10-7-12(8-11-21)14-6-9-18-15(20-14)19-13-4-5-13/h6,9,12-13H,4-5,7-8,10-11H2,1-3H3,(H,18,19,20). The van der Waals surface area contributed by atoms with Crippen LogP contribution in [0.2, 0.25) is 0 Å². The first-order valence-electron chi connectivity index (χ1n) is 8.48. The van der Waals surface area contributed by atoms with E-state index < -0.39 is 5.60 Å². The Morgan fingerprint density at radius 1 is 1.26 bits per heavy atom. The molecule has 1 N–H and O–H groups in total. The van der Waals surface area contributed by atoms with Gasteiger partial charge in [-0.1, -0.05) is 0 Å². The quantitative estimate of drug-likeness (QED) is 0.927. The van der Waals surface area contributed by atoms with E-state index in [0.29, 0.717) is 12.0 Å². The summed E-state index contributed by atoms with van der Waals surface area (Å²) in [5.41, 5.74) is 0.635. The van der Waals surface area contributed by atoms with Gasteiger partial charge >= 0.3 is 6.09 Å². The average molecular weight is 318 g/mol. The van der Waals surface area contributed by atoms with Gasteiger partial charge in [0.1, 0.15) is 5.60 Å². The summed E-state index contributed by atoms with van der Waals surface area (Å²) in [7, 11) is 0. The summed E-state index contributed by atoms with van der Waals surface area (Å²) >= 11 is 0. The monoisotopic (exact) mass is 318 g/mol. The number of hydrogen-bond donors (Lipinski definition) is 1. The molecule has 1 saturated carbocycles. The first kappa shape index (κ1) is 16.0. The van der Waals surface area contributed by atoms with E-state index >= 15 is 0 Å². The highest BCUT2D eigenvalue weighted by molar-refractivity contribution is 5.68. The van der Waals surface area contributed by atoms with Crippen LogP contribution < -0.4 is 5.32 Å². The molecule has 2 fully saturated rings. The van der Waals surface area contributed by atoms with E-state index in [9.17, 15) is 4.79 Å². The number of ether oxygens (including phenoxy) is 1. The highest BCUT2D eigenvalue weighted by atomic mass is 16.6. The highest BCUT2D eigenvalue weighted by Crippen LogP contribution is 2.29. The minimum absolute atomic E-state index is 0.213. The fourth-order valence-electron chi connectivity index (χ4n) is 2.76. The Balaban J connectivity index is 1.55. The molecular formula is C17H26N4O2. The van der Waals surface area contributed by atoms with Gasteiger partial charge in [-0.2, -0.15) is 0 Å². The summed E-state index contributed by atoms with van der Waals surface area (Å²) in [4.78, 5) is 22.8. The molecular weight excluding hydrogens is 292 g/mol. The van der Waals surface area contributed by atoms with Crippen molar-refractivity contribution in [1.29, 1.82) is 0 Å². The fraction of sp³-hybridized carbons (Fsp3) is 0.706. The molecule has 0 aromatic carbocycles. The topological polar surface area (TPSA) is 67.3 Å². The van der Waals surface area contributed by atoms with Gasteiger partial charge in [-0.3, -0.25) is 0 Å². The number of nitrogens with zero attached hydrogens (tertiary/aromatic N) is 3. The van der Waals surface area contributed by atoms with Gasteiger partial charge in [0.15, 0.2) is 0 Å². The van der Waals surface area contributed by atoms with Crippen molar-refractivity contribution < 1.29 is 9.53 Å². The lowest BCUT2D eigenvalue weighted by Gasteiger charge is -2.33. The molecule has 1 aliphatic carbocycles. The van der Waals surface area contributed by atoms with Crippen LogP contribution in [0.5, 0.6) is 0 Å². The zero-order valence-corrected chi connectivity index (χ0v) is 14.2. The van der Waals surface area contributed by atoms with E-state index in [2.05, 4.69) is 15.3 Å². The third kappa shape index (κ3) is 4.56. The van der Waals surface area contributed by atoms with Crippen molar-refractivity contribution in [3.8, 4) is 0 Å². The second-order valence-corrected chi connectivity index (χ2v) is 7.47. The van der Waals surface area contributed by atoms with Crippen molar-refractivity contribution >= 4 is 12.0 Å². The third-order valence-electron chi connectivity index (χ3n) is 4.15. The number of rotatable bonds is 3. The van der Waals surface area contributed by atoms with Gasteiger partial charge in [0.2, 0.25) is 5.95 Å². The third-order valence-corrected chi connectivity index (χ3v) is 4.15. The van der Waals surface area contributed by atoms with Crippen molar-refractivity contribution in [2.45, 2.75) is 64.0 Å². The first-order chi connectivity index (χ1) is 10.9. The van der Waals surface area contributed by atoms with Gasteiger partial charge in [-0.25, -0.2) is 14.8 Å². The summed E-state index contributed by atoms with van der Waals surface area (Å²) in [5, 5.41) is 3.34. The molecule has 0 bridgehead atoms. The second-order valence-electron chi connectivity index (χ2n) is 7.47. The van der Waals surface area contributed by atoms with Gasteiger partial charge in [-0.05, 0) is 52.5 Å². The van der Waals surface area contributed by atoms with Crippen molar-refractivity contribution in [2.24, 2.45) is 0 Å². The van der Waals surface area contributed by atoms with Gasteiger partial charge in [0.05, 0.1) is 0 Å². The summed E-state index contributed by atoms with van der Waals surface area (Å²) in [6.07, 6.45) is 5.87. The normalized spacial score (nSPS) is 19.5. The summed E-state index contributed by atoms with van der Waals surface area (Å²) in [6, 6.07) is 2.55. The fourth-order valence-corrected chi connectivity index (χ4v) is 2.76. The molecule has 2 aliphatic rings. The van der Waals surface area contributed by atoms with Crippen molar-refractivity contribution in [1.82, 2.24) is 14.9 Å². The molecule has 2 heterocycles. The van der Waals surface area contributed by atoms with Crippen LogP contribution in [0.25, 0.3) is 0 Å². The molecule has 6 heteroatoms. The van der Waals surface area contributed by atoms with Crippen LogP contribution in [0.15, 0.2) is 12.3 Å². The number of hydrogen-bond acceptors (Lipinski definition) is 5. The number of amides is 1. The SMILES string of the molecule is CC(C)(C)OC(=O)N1CCC(c2ccnc(NC3CC3)n2)CC1. The number of anilines is 1. The van der Waals surface area contributed by atoms with Crippen LogP contribution >= 0.6 is 0 Å². The predicted molar refractivity (Wildman–Crippen MR) is 88.5 cm³/mol. The Labute approximate surface area is 137 Å². The lowest BCUT2D eigenvalue weighted by Crippen LogP contribution is -2.41. The predicted octanol–water partition coefficient (Wildman–Crippen LogP) is 3.17. The van der Waals surface area contributed by atoms with Crippen LogP contribution in [-0.2, 0) is 4.74 Å². The molecule has 0 unspecified atom stereocenters. The first-order valence-corrected chi connectivity index (χ1v) is 8.48. The Morgan fingerprint density at radius 2 is 1.96 bits per heavy atom. The molecule has 1 aromatic rings. The Kier molecular flexibility index (Phi) is 4.41. The Bertz CT molecular complexity index is 558. The lowest BCUT2D eigenvalue weighted by atomic mass is 9.93. The molecule has 1 aliphatic heterocycles. The van der Waals surface area contributed by atoms with Crippen LogP contribution in [0.3, 0.4) is 0 Å². The molecule has 23 heavy (non-hydrogen) atoms. The van der Waals surface area contributed by atoms with E-state index in [4.69, 9.17) is 4.74 Å². The molecule has 6 nitrogen and oxygen atoms in total. The summed E-state index contributed by atoms with van der Waals surface area (Å²) < 4.78 is 5.44. The van der Waals surface area contributed by atoms with Crippen LogP contribution in [0.4, 0.5) is 10.7 Å². The lowest BCUT2D eigenvalue weighted by molar-refractivity contribution is 0.0204. The molecule has 126 valence electrons. The Morgan fingerprint density at radius 3 is 2.57 bits per heavy atom. The molecule has 1 amide bonds. The van der Waals surface area contributed by atoms with E-state index in [-0.39, 0.29) is 6.09 Å². The van der Waals surface area contributed by atoms with Gasteiger partial charge in [-0.15, -0.1) is 0 Å². The smallest absolute Gasteiger partial charge is 0.410 e. The maximum Gasteiger partial charge on any atom is 0.410 e. The molecule has 3 rings (SSSR count). The maximum absolute atomic E-state index is 12.1. The molecule has 1 saturated heterocycles. The van der Waals surface area contributed by atoms with E-state index in [1.165, 1.54) is 12.8 Å². The van der Waals surface area contributed by atoms with Crippen molar-refractivity contribution in [3.05, 3.63) is 18.0 Å². The van der Waals surface area contributed by atoms with Gasteiger partial charge < -0.3 is 15.0 Å². The maximum atomic E-state index is 12.1. The molecule has 0 radical (unpaired) electrons. The second kappa shape index (κ2) is 6.34. The van der Waals surface area contributed by atoms with Crippen molar-refractivity contribution in [2.75, 3.05) is 18.4 Å². The van der Waals surface area contributed by atoms with Crippen molar-refractivity contribution in [3.63, 3.8) is 0 Å². The average Bonchev–Trinajstić information content (AvgIpc) is 3.30. The molecule has 1 aromatic heterocycles. The zero-order valence-electron chi connectivity index (χ0n) is 14.2. The van der Waals surface area contributed by atoms with Gasteiger partial charge in [0, 0.05) is 36.9 Å². The highest BCUT2D eigenvalue weighted by Gasteiger charge is 2.28. The Hall–Kier alpha value is -1.85. The molecule has 0 atom stereocenters. The molecule has 0 spiro atoms. The van der Waals surface area contributed by atoms with E-state index in [1.807, 2.05) is 33.0 Å². The number of carbonyl (C=O) groups is 1. The van der Waals surface area contributed by atoms with E-state index in [1.54, 1.807) is 4.90 Å². The largest absolute Gasteiger partial charge is 0.444 e. The number of likely N-dealkylation sites (tertiary alicyclic amines) is 1. The van der Waals surface area contributed by atoms with Crippen LogP contribution in [0.1, 0.15) is 58.1 Å². The number of nitrogens with one attached hydrogen (secondary N) is 1. The summed E-state index contributed by atoms with van der Waals surface area (Å²) in [6.45, 7) is 7.12. The number of carbonyl (C=O) groups excluding carboxylic acids is 1. The zero-order chi connectivity index (χ0) is 16.4. The van der Waals surface area contributed by atoms with Gasteiger partial charge in [0.25, 0.3) is 0 Å². The van der Waals surface area contributed by atoms with Crippen LogP contribution in [0, 0.1) is 0 Å². The van der Waals surface area contributed by atoms with Crippen LogP contribution in [-0.4, -0.2) is 45.7 Å².